The summed E-state index contributed by atoms with van der Waals surface area (Å²) in [5.41, 5.74) is 1.87. The van der Waals surface area contributed by atoms with Gasteiger partial charge in [0.1, 0.15) is 42.7 Å². The molecule has 3 aliphatic rings. The molecule has 0 aromatic rings. The minimum Gasteiger partial charge on any atom is -0.512 e. The molecule has 3 rings (SSSR count). The molecule has 312 valence electrons. The Kier molecular flexibility index (Phi) is 16.1. The van der Waals surface area contributed by atoms with Crippen molar-refractivity contribution < 1.29 is 85.6 Å². The normalized spacial score (nSPS) is 27.3. The summed E-state index contributed by atoms with van der Waals surface area (Å²) < 4.78 is 61.5. The number of allylic oxidation sites excluding steroid dienone is 1. The van der Waals surface area contributed by atoms with Gasteiger partial charge in [-0.15, -0.1) is 0 Å². The van der Waals surface area contributed by atoms with E-state index in [1.807, 2.05) is 0 Å². The fraction of sp³-hybridized carbons (Fsp3) is 0.692. The topological polar surface area (TPSA) is 381 Å². The third kappa shape index (κ3) is 12.3. The van der Waals surface area contributed by atoms with Crippen LogP contribution in [0.1, 0.15) is 33.6 Å². The Bertz CT molecular complexity index is 1730. The molecule has 0 bridgehead atoms. The molecule has 0 aliphatic carbocycles. The lowest BCUT2D eigenvalue weighted by molar-refractivity contribution is -0.140. The summed E-state index contributed by atoms with van der Waals surface area (Å²) in [6.07, 6.45) is -8.12. The minimum absolute atomic E-state index is 0.0215. The van der Waals surface area contributed by atoms with Gasteiger partial charge in [0.25, 0.3) is 0 Å². The zero-order chi connectivity index (χ0) is 41.6. The summed E-state index contributed by atoms with van der Waals surface area (Å²) >= 11 is 3.95. The molecule has 0 radical (unpaired) electrons. The molecule has 4 unspecified atom stereocenters. The highest BCUT2D eigenvalue weighted by molar-refractivity contribution is 7.80. The Morgan fingerprint density at radius 1 is 1.16 bits per heavy atom. The van der Waals surface area contributed by atoms with Crippen LogP contribution in [-0.2, 0) is 50.7 Å². The fourth-order valence-corrected chi connectivity index (χ4v) is 8.11. The van der Waals surface area contributed by atoms with E-state index in [0.717, 1.165) is 17.3 Å². The third-order valence-electron chi connectivity index (χ3n) is 7.97. The highest BCUT2D eigenvalue weighted by atomic mass is 32.1. The van der Waals surface area contributed by atoms with Gasteiger partial charge in [-0.25, -0.2) is 28.6 Å². The molecule has 29 heteroatoms. The lowest BCUT2D eigenvalue weighted by Crippen LogP contribution is -2.63. The second kappa shape index (κ2) is 18.9. The number of hydrogen-bond acceptors (Lipinski definition) is 20. The quantitative estimate of drug-likeness (QED) is 0.0256. The van der Waals surface area contributed by atoms with Gasteiger partial charge in [0, 0.05) is 43.2 Å². The van der Waals surface area contributed by atoms with Crippen LogP contribution >= 0.6 is 36.1 Å². The maximum Gasteiger partial charge on any atom is 0.481 e. The molecule has 1 saturated heterocycles. The molecule has 2 amide bonds. The number of ether oxygens (including phenoxy) is 1. The van der Waals surface area contributed by atoms with Crippen LogP contribution in [0.4, 0.5) is 0 Å². The number of thiol groups is 1. The molecular formula is C26H44N7O18P3S. The lowest BCUT2D eigenvalue weighted by atomic mass is 9.87. The van der Waals surface area contributed by atoms with Crippen molar-refractivity contribution in [3.63, 3.8) is 0 Å². The van der Waals surface area contributed by atoms with E-state index >= 15 is 0 Å². The predicted octanol–water partition coefficient (Wildman–Crippen LogP) is -2.03. The number of hydrogen-bond donors (Lipinski definition) is 11. The number of fused-ring (bicyclic) bond motifs is 1. The van der Waals surface area contributed by atoms with E-state index in [2.05, 4.69) is 47.1 Å². The largest absolute Gasteiger partial charge is 0.512 e. The predicted molar refractivity (Wildman–Crippen MR) is 191 cm³/mol. The maximum absolute atomic E-state index is 13.6. The molecule has 8 atom stereocenters. The monoisotopic (exact) mass is 867 g/mol. The number of rotatable bonds is 21. The summed E-state index contributed by atoms with van der Waals surface area (Å²) in [6, 6.07) is 0. The van der Waals surface area contributed by atoms with Crippen LogP contribution in [0.15, 0.2) is 26.8 Å². The van der Waals surface area contributed by atoms with Gasteiger partial charge in [0.05, 0.1) is 25.6 Å². The average Bonchev–Trinajstić information content (AvgIpc) is 3.62. The van der Waals surface area contributed by atoms with Gasteiger partial charge >= 0.3 is 23.5 Å². The lowest BCUT2D eigenvalue weighted by Gasteiger charge is -2.38. The van der Waals surface area contributed by atoms with Gasteiger partial charge in [-0.2, -0.15) is 16.9 Å². The summed E-state index contributed by atoms with van der Waals surface area (Å²) in [5.74, 6) is -2.56. The number of amides is 2. The molecule has 0 aromatic heterocycles. The van der Waals surface area contributed by atoms with Crippen molar-refractivity contribution in [2.75, 3.05) is 38.7 Å². The van der Waals surface area contributed by atoms with Crippen molar-refractivity contribution in [3.8, 4) is 0 Å². The summed E-state index contributed by atoms with van der Waals surface area (Å²) in [4.78, 5) is 90.3. The number of carbonyl (C=O) groups excluding carboxylic acids is 3. The van der Waals surface area contributed by atoms with E-state index in [1.165, 1.54) is 20.8 Å². The fourth-order valence-electron chi connectivity index (χ4n) is 5.17. The van der Waals surface area contributed by atoms with Crippen LogP contribution in [0.25, 0.3) is 0 Å². The number of aliphatic imine (C=N–C) groups is 3. The third-order valence-corrected chi connectivity index (χ3v) is 11.3. The zero-order valence-electron chi connectivity index (χ0n) is 29.5. The SMILES string of the molecule is CCC(O)=CC(=O)C12N=CN=C(N)C1=NCN2[C@@H]1O[C@H](COP(=O)(O)OP(=O)(O)OCC(C)(C)C(O)C(=O)NCCC(=O)NCCS)[C@@H](OP(=O)(O)O)[C@H]1O. The number of nitrogens with zero attached hydrogens (tertiary/aromatic N) is 4. The first kappa shape index (κ1) is 46.9. The number of nitrogens with one attached hydrogen (secondary N) is 2. The maximum atomic E-state index is 13.6. The Hall–Kier alpha value is -2.48. The number of aliphatic hydroxyl groups is 3. The Labute approximate surface area is 318 Å². The molecule has 0 spiro atoms. The molecular weight excluding hydrogens is 823 g/mol. The summed E-state index contributed by atoms with van der Waals surface area (Å²) in [7, 11) is -16.7. The molecule has 25 nitrogen and oxygen atoms in total. The van der Waals surface area contributed by atoms with Crippen LogP contribution in [0, 0.1) is 5.41 Å². The summed E-state index contributed by atoms with van der Waals surface area (Å²) in [6.45, 7) is 1.50. The number of phosphoric acid groups is 3. The van der Waals surface area contributed by atoms with E-state index in [1.54, 1.807) is 0 Å². The Morgan fingerprint density at radius 3 is 2.44 bits per heavy atom. The molecule has 3 heterocycles. The van der Waals surface area contributed by atoms with Crippen LogP contribution < -0.4 is 16.4 Å². The van der Waals surface area contributed by atoms with Crippen LogP contribution in [0.2, 0.25) is 0 Å². The van der Waals surface area contributed by atoms with Crippen LogP contribution in [0.5, 0.6) is 0 Å². The summed E-state index contributed by atoms with van der Waals surface area (Å²) in [5, 5.41) is 36.6. The van der Waals surface area contributed by atoms with Gasteiger partial charge in [0.2, 0.25) is 23.3 Å². The van der Waals surface area contributed by atoms with Gasteiger partial charge in [-0.05, 0) is 0 Å². The van der Waals surface area contributed by atoms with Gasteiger partial charge in [0.15, 0.2) is 5.84 Å². The molecule has 3 aliphatic heterocycles. The number of amidine groups is 1. The van der Waals surface area contributed by atoms with E-state index in [0.29, 0.717) is 12.3 Å². The minimum atomic E-state index is -5.66. The highest BCUT2D eigenvalue weighted by Gasteiger charge is 2.61. The molecule has 1 fully saturated rings. The van der Waals surface area contributed by atoms with Crippen molar-refractivity contribution in [3.05, 3.63) is 11.8 Å². The zero-order valence-corrected chi connectivity index (χ0v) is 33.1. The van der Waals surface area contributed by atoms with E-state index < -0.39 is 103 Å². The molecule has 11 N–H and O–H groups in total. The average molecular weight is 868 g/mol. The van der Waals surface area contributed by atoms with Crippen molar-refractivity contribution in [2.45, 2.75) is 69.9 Å². The highest BCUT2D eigenvalue weighted by Crippen LogP contribution is 2.61. The number of ketones is 1. The smallest absolute Gasteiger partial charge is 0.481 e. The van der Waals surface area contributed by atoms with Gasteiger partial charge in [-0.1, -0.05) is 20.8 Å². The van der Waals surface area contributed by atoms with Gasteiger partial charge in [-0.3, -0.25) is 32.9 Å². The number of nitrogens with two attached hydrogens (primary N) is 1. The standard InChI is InChI=1S/C26H44N7O18P3S/c1-4-14(34)9-16(35)26-20(22(27)30-12-32-26)31-13-33(26)24-18(37)19(50-52(40,41)42)15(49-24)10-47-53(43,44)51-54(45,46)48-11-25(2,3)21(38)23(39)29-6-5-17(36)28-7-8-55/h9,12,15,18-19,21,24,34,37-38,55H,4-8,10-11,13H2,1-3H3,(H,28,36)(H,29,39)(H,43,44)(H,45,46)(H2,27,30,32)(H2,40,41,42)/t15-,18-,19-,21?,24-,26?/m1/s1. The first-order valence-corrected chi connectivity index (χ1v) is 21.2. The number of phosphoric ester groups is 3. The van der Waals surface area contributed by atoms with Crippen LogP contribution in [0.3, 0.4) is 0 Å². The van der Waals surface area contributed by atoms with E-state index in [9.17, 15) is 63.0 Å². The number of carbonyl (C=O) groups is 3. The van der Waals surface area contributed by atoms with Crippen molar-refractivity contribution in [1.29, 1.82) is 0 Å². The first-order chi connectivity index (χ1) is 25.4. The number of aliphatic hydroxyl groups excluding tert-OH is 3. The second-order valence-electron chi connectivity index (χ2n) is 12.6. The Balaban J connectivity index is 1.71. The molecule has 0 aromatic carbocycles. The Morgan fingerprint density at radius 2 is 1.82 bits per heavy atom. The van der Waals surface area contributed by atoms with E-state index in [4.69, 9.17) is 19.5 Å². The van der Waals surface area contributed by atoms with Crippen LogP contribution in [-0.4, -0.2) is 150 Å². The van der Waals surface area contributed by atoms with Crippen molar-refractivity contribution in [1.82, 2.24) is 15.5 Å². The second-order valence-corrected chi connectivity index (χ2v) is 17.3. The van der Waals surface area contributed by atoms with Crippen molar-refractivity contribution in [2.24, 2.45) is 26.1 Å². The molecule has 0 saturated carbocycles. The van der Waals surface area contributed by atoms with Crippen molar-refractivity contribution >= 4 is 71.6 Å². The molecule has 55 heavy (non-hydrogen) atoms. The van der Waals surface area contributed by atoms with Gasteiger partial charge < -0.3 is 56.0 Å². The first-order valence-electron chi connectivity index (χ1n) is 16.1. The van der Waals surface area contributed by atoms with E-state index in [-0.39, 0.29) is 36.7 Å².